The molecule has 0 saturated heterocycles. The summed E-state index contributed by atoms with van der Waals surface area (Å²) >= 11 is 1.85. The number of nitrogens with zero attached hydrogens (tertiary/aromatic N) is 1. The first-order valence-electron chi connectivity index (χ1n) is 19.6. The summed E-state index contributed by atoms with van der Waals surface area (Å²) in [6.45, 7) is 0. The van der Waals surface area contributed by atoms with Crippen LogP contribution < -0.4 is 4.90 Å². The van der Waals surface area contributed by atoms with Crippen molar-refractivity contribution in [2.24, 2.45) is 0 Å². The lowest BCUT2D eigenvalue weighted by Gasteiger charge is -2.28. The van der Waals surface area contributed by atoms with E-state index in [2.05, 4.69) is 193 Å². The third kappa shape index (κ3) is 5.12. The van der Waals surface area contributed by atoms with Crippen molar-refractivity contribution in [1.29, 1.82) is 0 Å². The molecular weight excluding hydrogens is 727 g/mol. The predicted molar refractivity (Wildman–Crippen MR) is 245 cm³/mol. The summed E-state index contributed by atoms with van der Waals surface area (Å²) in [5.74, 6) is 0. The highest BCUT2D eigenvalue weighted by Crippen LogP contribution is 2.52. The maximum absolute atomic E-state index is 6.88. The van der Waals surface area contributed by atoms with Crippen molar-refractivity contribution in [3.8, 4) is 33.4 Å². The van der Waals surface area contributed by atoms with E-state index in [1.807, 2.05) is 23.5 Å². The fraction of sp³-hybridized carbons (Fsp3) is 0. The van der Waals surface area contributed by atoms with Crippen molar-refractivity contribution >= 4 is 92.4 Å². The lowest BCUT2D eigenvalue weighted by Crippen LogP contribution is -2.11. The molecule has 0 spiro atoms. The Kier molecular flexibility index (Phi) is 7.40. The highest BCUT2D eigenvalue weighted by molar-refractivity contribution is 7.26. The molecule has 272 valence electrons. The number of para-hydroxylation sites is 3. The molecule has 58 heavy (non-hydrogen) atoms. The largest absolute Gasteiger partial charge is 0.455 e. The Labute approximate surface area is 338 Å². The molecule has 0 aliphatic heterocycles. The molecule has 0 radical (unpaired) electrons. The van der Waals surface area contributed by atoms with Gasteiger partial charge in [-0.2, -0.15) is 0 Å². The van der Waals surface area contributed by atoms with Gasteiger partial charge in [0, 0.05) is 41.9 Å². The molecule has 4 heteroatoms. The number of thiophene rings is 1. The van der Waals surface area contributed by atoms with Crippen LogP contribution >= 0.6 is 11.3 Å². The summed E-state index contributed by atoms with van der Waals surface area (Å²) in [7, 11) is 0. The van der Waals surface area contributed by atoms with Crippen LogP contribution in [0.2, 0.25) is 0 Å². The van der Waals surface area contributed by atoms with Crippen LogP contribution in [0.3, 0.4) is 0 Å². The Balaban J connectivity index is 1.24. The van der Waals surface area contributed by atoms with Gasteiger partial charge in [-0.1, -0.05) is 152 Å². The van der Waals surface area contributed by atoms with Crippen molar-refractivity contribution in [3.05, 3.63) is 200 Å². The first kappa shape index (κ1) is 32.8. The van der Waals surface area contributed by atoms with Crippen LogP contribution in [0.4, 0.5) is 17.1 Å². The molecule has 0 aliphatic carbocycles. The number of hydrogen-bond acceptors (Lipinski definition) is 4. The summed E-state index contributed by atoms with van der Waals surface area (Å²) in [5.41, 5.74) is 13.3. The Hall–Kier alpha value is -7.40. The lowest BCUT2D eigenvalue weighted by atomic mass is 9.97. The third-order valence-corrected chi connectivity index (χ3v) is 12.6. The number of furan rings is 2. The van der Waals surface area contributed by atoms with E-state index in [9.17, 15) is 0 Å². The number of hydrogen-bond donors (Lipinski definition) is 0. The molecule has 0 atom stereocenters. The Morgan fingerprint density at radius 3 is 1.69 bits per heavy atom. The minimum atomic E-state index is 0.834. The predicted octanol–water partition coefficient (Wildman–Crippen LogP) is 16.3. The monoisotopic (exact) mass is 759 g/mol. The highest BCUT2D eigenvalue weighted by atomic mass is 32.1. The summed E-state index contributed by atoms with van der Waals surface area (Å²) in [6, 6.07) is 71.3. The number of fused-ring (bicyclic) bond motifs is 9. The van der Waals surface area contributed by atoms with Crippen LogP contribution in [0.15, 0.2) is 209 Å². The van der Waals surface area contributed by atoms with Crippen molar-refractivity contribution in [2.75, 3.05) is 4.90 Å². The van der Waals surface area contributed by atoms with E-state index in [-0.39, 0.29) is 0 Å². The molecule has 0 saturated carbocycles. The van der Waals surface area contributed by atoms with Crippen LogP contribution in [-0.2, 0) is 0 Å². The average Bonchev–Trinajstić information content (AvgIpc) is 3.99. The van der Waals surface area contributed by atoms with Gasteiger partial charge in [-0.05, 0) is 76.3 Å². The maximum atomic E-state index is 6.88. The molecule has 0 amide bonds. The summed E-state index contributed by atoms with van der Waals surface area (Å²) in [6.07, 6.45) is 0. The van der Waals surface area contributed by atoms with E-state index >= 15 is 0 Å². The zero-order chi connectivity index (χ0) is 38.2. The molecule has 12 aromatic rings. The van der Waals surface area contributed by atoms with Gasteiger partial charge in [0.2, 0.25) is 0 Å². The smallest absolute Gasteiger partial charge is 0.159 e. The third-order valence-electron chi connectivity index (χ3n) is 11.5. The average molecular weight is 760 g/mol. The summed E-state index contributed by atoms with van der Waals surface area (Å²) in [5, 5.41) is 6.69. The van der Waals surface area contributed by atoms with E-state index in [0.717, 1.165) is 83.2 Å². The van der Waals surface area contributed by atoms with E-state index in [4.69, 9.17) is 8.83 Å². The summed E-state index contributed by atoms with van der Waals surface area (Å²) in [4.78, 5) is 2.44. The minimum Gasteiger partial charge on any atom is -0.455 e. The SMILES string of the molecule is c1ccc(-c2ccc3c(c2)sc2cc(-c4ccccc4)cc(N(c4cccc5c4oc4ccccc45)c4ccc(-c5ccccc5)c5oc6ccccc6c45)c23)cc1. The molecule has 0 N–H and O–H groups in total. The lowest BCUT2D eigenvalue weighted by molar-refractivity contribution is 0.668. The first-order valence-corrected chi connectivity index (χ1v) is 20.4. The Morgan fingerprint density at radius 2 is 0.931 bits per heavy atom. The second-order valence-electron chi connectivity index (χ2n) is 14.8. The fourth-order valence-corrected chi connectivity index (χ4v) is 10.0. The zero-order valence-corrected chi connectivity index (χ0v) is 32.0. The van der Waals surface area contributed by atoms with Gasteiger partial charge < -0.3 is 13.7 Å². The van der Waals surface area contributed by atoms with E-state index in [1.54, 1.807) is 0 Å². The van der Waals surface area contributed by atoms with Gasteiger partial charge in [-0.15, -0.1) is 11.3 Å². The van der Waals surface area contributed by atoms with Gasteiger partial charge in [0.05, 0.1) is 22.4 Å². The normalized spacial score (nSPS) is 11.8. The van der Waals surface area contributed by atoms with Gasteiger partial charge in [0.25, 0.3) is 0 Å². The second kappa shape index (κ2) is 13.1. The molecular formula is C54H33NO2S. The van der Waals surface area contributed by atoms with Gasteiger partial charge in [0.1, 0.15) is 16.7 Å². The van der Waals surface area contributed by atoms with Crippen LogP contribution in [0.5, 0.6) is 0 Å². The van der Waals surface area contributed by atoms with Crippen molar-refractivity contribution in [1.82, 2.24) is 0 Å². The van der Waals surface area contributed by atoms with Crippen LogP contribution in [0, 0.1) is 0 Å². The standard InChI is InChI=1S/C54H33NO2S/c1-4-15-34(16-5-1)37-27-28-43-49(32-37)58-50-33-38(35-17-6-2-7-18-35)31-46(51(43)50)55(45-24-14-23-41-40-21-10-12-25-47(40)56-53(41)45)44-30-29-39(36-19-8-3-9-20-36)54-52(44)42-22-11-13-26-48(42)57-54/h1-33H. The van der Waals surface area contributed by atoms with E-state index in [1.165, 1.54) is 31.3 Å². The van der Waals surface area contributed by atoms with Gasteiger partial charge in [0.15, 0.2) is 5.58 Å². The maximum Gasteiger partial charge on any atom is 0.159 e. The van der Waals surface area contributed by atoms with Crippen molar-refractivity contribution in [2.45, 2.75) is 0 Å². The molecule has 0 unspecified atom stereocenters. The van der Waals surface area contributed by atoms with Crippen molar-refractivity contribution < 1.29 is 8.83 Å². The Morgan fingerprint density at radius 1 is 0.328 bits per heavy atom. The van der Waals surface area contributed by atoms with Crippen LogP contribution in [0.25, 0.3) is 97.4 Å². The number of anilines is 3. The molecule has 3 nitrogen and oxygen atoms in total. The fourth-order valence-electron chi connectivity index (χ4n) is 8.81. The molecule has 0 fully saturated rings. The zero-order valence-electron chi connectivity index (χ0n) is 31.2. The quantitative estimate of drug-likeness (QED) is 0.169. The Bertz CT molecular complexity index is 3510. The molecule has 9 aromatic carbocycles. The molecule has 3 aromatic heterocycles. The van der Waals surface area contributed by atoms with E-state index < -0.39 is 0 Å². The van der Waals surface area contributed by atoms with Gasteiger partial charge in [-0.25, -0.2) is 0 Å². The molecule has 3 heterocycles. The molecule has 12 rings (SSSR count). The number of rotatable bonds is 6. The number of benzene rings is 9. The summed E-state index contributed by atoms with van der Waals surface area (Å²) < 4.78 is 16.2. The highest BCUT2D eigenvalue weighted by Gasteiger charge is 2.27. The topological polar surface area (TPSA) is 29.5 Å². The van der Waals surface area contributed by atoms with Gasteiger partial charge >= 0.3 is 0 Å². The minimum absolute atomic E-state index is 0.834. The van der Waals surface area contributed by atoms with E-state index in [0.29, 0.717) is 0 Å². The van der Waals surface area contributed by atoms with Crippen LogP contribution in [0.1, 0.15) is 0 Å². The molecule has 0 bridgehead atoms. The second-order valence-corrected chi connectivity index (χ2v) is 15.9. The van der Waals surface area contributed by atoms with Crippen molar-refractivity contribution in [3.63, 3.8) is 0 Å². The first-order chi connectivity index (χ1) is 28.8. The molecule has 0 aliphatic rings. The van der Waals surface area contributed by atoms with Gasteiger partial charge in [-0.3, -0.25) is 0 Å². The van der Waals surface area contributed by atoms with Crippen LogP contribution in [-0.4, -0.2) is 0 Å².